The summed E-state index contributed by atoms with van der Waals surface area (Å²) < 4.78 is 2.46. The van der Waals surface area contributed by atoms with Crippen molar-refractivity contribution in [2.75, 3.05) is 4.90 Å². The van der Waals surface area contributed by atoms with Crippen LogP contribution in [0, 0.1) is 0 Å². The van der Waals surface area contributed by atoms with Gasteiger partial charge in [-0.05, 0) is 104 Å². The van der Waals surface area contributed by atoms with Gasteiger partial charge in [0.25, 0.3) is 0 Å². The number of hydrogen-bond acceptors (Lipinski definition) is 2. The molecule has 8 aromatic rings. The van der Waals surface area contributed by atoms with Gasteiger partial charge in [0.15, 0.2) is 0 Å². The van der Waals surface area contributed by atoms with Gasteiger partial charge in [-0.15, -0.1) is 0 Å². The Morgan fingerprint density at radius 2 is 1.33 bits per heavy atom. The number of hydrogen-bond donors (Lipinski definition) is 1. The molecule has 0 spiro atoms. The summed E-state index contributed by atoms with van der Waals surface area (Å²) in [6, 6.07) is 52.8. The van der Waals surface area contributed by atoms with Crippen LogP contribution in [0.1, 0.15) is 22.3 Å². The van der Waals surface area contributed by atoms with Crippen molar-refractivity contribution >= 4 is 55.1 Å². The van der Waals surface area contributed by atoms with Crippen molar-refractivity contribution in [3.05, 3.63) is 205 Å². The molecule has 0 amide bonds. The minimum absolute atomic E-state index is 0.737. The van der Waals surface area contributed by atoms with Crippen molar-refractivity contribution in [1.82, 2.24) is 4.57 Å². The van der Waals surface area contributed by atoms with Gasteiger partial charge in [-0.3, -0.25) is 0 Å². The van der Waals surface area contributed by atoms with Crippen LogP contribution in [0.25, 0.3) is 66.0 Å². The smallest absolute Gasteiger partial charge is 0.0534 e. The van der Waals surface area contributed by atoms with Crippen LogP contribution in [-0.2, 0) is 6.54 Å². The molecule has 3 nitrogen and oxygen atoms in total. The molecule has 0 saturated carbocycles. The average molecular weight is 666 g/mol. The van der Waals surface area contributed by atoms with E-state index in [0.717, 1.165) is 40.2 Å². The minimum Gasteiger partial charge on any atom is -0.404 e. The number of para-hydroxylation sites is 1. The highest BCUT2D eigenvalue weighted by atomic mass is 15.1. The first kappa shape index (κ1) is 30.0. The monoisotopic (exact) mass is 665 g/mol. The van der Waals surface area contributed by atoms with Crippen molar-refractivity contribution in [2.45, 2.75) is 6.54 Å². The Balaban J connectivity index is 1.07. The lowest BCUT2D eigenvalue weighted by atomic mass is 9.95. The first-order valence-corrected chi connectivity index (χ1v) is 17.8. The Morgan fingerprint density at radius 3 is 2.23 bits per heavy atom. The summed E-state index contributed by atoms with van der Waals surface area (Å²) in [5.74, 6) is 0. The molecule has 1 aliphatic carbocycles. The van der Waals surface area contributed by atoms with Gasteiger partial charge in [0, 0.05) is 57.6 Å². The molecule has 1 aliphatic heterocycles. The lowest BCUT2D eigenvalue weighted by molar-refractivity contribution is 0.867. The van der Waals surface area contributed by atoms with Gasteiger partial charge in [0.1, 0.15) is 0 Å². The summed E-state index contributed by atoms with van der Waals surface area (Å²) in [5, 5.41) is 4.93. The Bertz CT molecular complexity index is 2860. The highest BCUT2D eigenvalue weighted by Gasteiger charge is 2.26. The summed E-state index contributed by atoms with van der Waals surface area (Å²) in [6.07, 6.45) is 10.2. The second kappa shape index (κ2) is 11.9. The van der Waals surface area contributed by atoms with Crippen LogP contribution in [0.4, 0.5) is 11.4 Å². The fraction of sp³-hybridized carbons (Fsp3) is 0.0204. The Morgan fingerprint density at radius 1 is 0.577 bits per heavy atom. The van der Waals surface area contributed by atoms with Gasteiger partial charge in [-0.2, -0.15) is 0 Å². The average Bonchev–Trinajstić information content (AvgIpc) is 3.69. The predicted molar refractivity (Wildman–Crippen MR) is 221 cm³/mol. The number of nitrogens with zero attached hydrogens (tertiary/aromatic N) is 2. The van der Waals surface area contributed by atoms with E-state index in [4.69, 9.17) is 5.73 Å². The van der Waals surface area contributed by atoms with Crippen LogP contribution >= 0.6 is 0 Å². The van der Waals surface area contributed by atoms with E-state index in [1.165, 1.54) is 66.0 Å². The molecule has 0 radical (unpaired) electrons. The molecular weight excluding hydrogens is 631 g/mol. The zero-order valence-electron chi connectivity index (χ0n) is 28.6. The van der Waals surface area contributed by atoms with Gasteiger partial charge in [0.05, 0.1) is 5.69 Å². The normalized spacial score (nSPS) is 15.4. The molecule has 246 valence electrons. The molecule has 0 bridgehead atoms. The summed E-state index contributed by atoms with van der Waals surface area (Å²) in [5.41, 5.74) is 22.7. The van der Waals surface area contributed by atoms with E-state index in [1.54, 1.807) is 6.20 Å². The molecular formula is C49H35N3. The van der Waals surface area contributed by atoms with E-state index in [-0.39, 0.29) is 0 Å². The van der Waals surface area contributed by atoms with E-state index in [0.29, 0.717) is 0 Å². The number of fused-ring (bicyclic) bond motifs is 8. The number of nitrogens with two attached hydrogens (primary N) is 1. The van der Waals surface area contributed by atoms with Gasteiger partial charge >= 0.3 is 0 Å². The topological polar surface area (TPSA) is 34.2 Å². The number of anilines is 2. The molecule has 0 fully saturated rings. The van der Waals surface area contributed by atoms with Crippen LogP contribution in [0.5, 0.6) is 0 Å². The first-order chi connectivity index (χ1) is 25.7. The third-order valence-electron chi connectivity index (χ3n) is 10.8. The van der Waals surface area contributed by atoms with Crippen LogP contribution < -0.4 is 10.6 Å². The lowest BCUT2D eigenvalue weighted by Crippen LogP contribution is -2.11. The van der Waals surface area contributed by atoms with E-state index in [9.17, 15) is 0 Å². The molecule has 7 aromatic carbocycles. The second-order valence-corrected chi connectivity index (χ2v) is 13.7. The summed E-state index contributed by atoms with van der Waals surface area (Å²) in [7, 11) is 0. The SMILES string of the molecule is C=C1/C=C\C=C/N(c2ccc3ccccc3c2)c2ccc(-c3ccc4c(c3)c3ccccc3n4Cc3cccc4c3/C(=C\N)c3ccccc3-4)cc21. The zero-order chi connectivity index (χ0) is 34.8. The Kier molecular flexibility index (Phi) is 6.87. The number of aromatic nitrogens is 1. The van der Waals surface area contributed by atoms with Crippen molar-refractivity contribution in [1.29, 1.82) is 0 Å². The molecule has 2 heterocycles. The maximum Gasteiger partial charge on any atom is 0.0534 e. The molecule has 2 aliphatic rings. The van der Waals surface area contributed by atoms with Crippen LogP contribution in [0.15, 0.2) is 183 Å². The van der Waals surface area contributed by atoms with Crippen LogP contribution in [0.3, 0.4) is 0 Å². The van der Waals surface area contributed by atoms with Crippen molar-refractivity contribution in [2.24, 2.45) is 5.73 Å². The van der Waals surface area contributed by atoms with E-state index in [1.807, 2.05) is 0 Å². The minimum atomic E-state index is 0.737. The molecule has 10 rings (SSSR count). The summed E-state index contributed by atoms with van der Waals surface area (Å²) in [6.45, 7) is 5.23. The number of benzene rings is 7. The standard InChI is InChI=1S/C49H35N3/c1-32-11-8-9-26-51(38-23-20-33-12-2-3-13-34(33)27-38)47-24-21-35(28-43(32)47)36-22-25-48-44(29-36)41-17-6-7-19-46(41)52(48)31-37-14-10-18-42-39-15-4-5-16-40(39)45(30-50)49(37)42/h2-30H,1,31,50H2/b11-8-,26-9-,45-30-. The maximum absolute atomic E-state index is 6.30. The van der Waals surface area contributed by atoms with Crippen molar-refractivity contribution in [3.8, 4) is 22.3 Å². The van der Waals surface area contributed by atoms with Crippen molar-refractivity contribution < 1.29 is 0 Å². The maximum atomic E-state index is 6.30. The highest BCUT2D eigenvalue weighted by Crippen LogP contribution is 2.46. The van der Waals surface area contributed by atoms with Gasteiger partial charge in [-0.1, -0.05) is 122 Å². The molecule has 1 aromatic heterocycles. The molecule has 2 N–H and O–H groups in total. The fourth-order valence-corrected chi connectivity index (χ4v) is 8.32. The molecule has 0 saturated heterocycles. The van der Waals surface area contributed by atoms with Gasteiger partial charge in [0.2, 0.25) is 0 Å². The third kappa shape index (κ3) is 4.67. The summed E-state index contributed by atoms with van der Waals surface area (Å²) in [4.78, 5) is 2.27. The Labute approximate surface area is 303 Å². The third-order valence-corrected chi connectivity index (χ3v) is 10.8. The van der Waals surface area contributed by atoms with Crippen LogP contribution in [-0.4, -0.2) is 4.57 Å². The highest BCUT2D eigenvalue weighted by molar-refractivity contribution is 6.10. The second-order valence-electron chi connectivity index (χ2n) is 13.7. The molecule has 0 atom stereocenters. The van der Waals surface area contributed by atoms with Crippen molar-refractivity contribution in [3.63, 3.8) is 0 Å². The largest absolute Gasteiger partial charge is 0.404 e. The lowest BCUT2D eigenvalue weighted by Gasteiger charge is -2.26. The van der Waals surface area contributed by atoms with E-state index < -0.39 is 0 Å². The quantitative estimate of drug-likeness (QED) is 0.203. The molecule has 3 heteroatoms. The van der Waals surface area contributed by atoms with E-state index in [2.05, 4.69) is 186 Å². The molecule has 52 heavy (non-hydrogen) atoms. The van der Waals surface area contributed by atoms with E-state index >= 15 is 0 Å². The van der Waals surface area contributed by atoms with Gasteiger partial charge in [-0.25, -0.2) is 0 Å². The van der Waals surface area contributed by atoms with Gasteiger partial charge < -0.3 is 15.2 Å². The number of rotatable bonds is 4. The van der Waals surface area contributed by atoms with Crippen LogP contribution in [0.2, 0.25) is 0 Å². The summed E-state index contributed by atoms with van der Waals surface area (Å²) >= 11 is 0. The predicted octanol–water partition coefficient (Wildman–Crippen LogP) is 12.2. The molecule has 0 unspecified atom stereocenters. The first-order valence-electron chi connectivity index (χ1n) is 17.8. The fourth-order valence-electron chi connectivity index (χ4n) is 8.32. The zero-order valence-corrected chi connectivity index (χ0v) is 28.6. The number of allylic oxidation sites excluding steroid dienone is 4. The Hall–Kier alpha value is -6.84.